The minimum atomic E-state index is -0.217. The number of anilines is 1. The van der Waals surface area contributed by atoms with Gasteiger partial charge in [-0.05, 0) is 38.0 Å². The molecular weight excluding hydrogens is 256 g/mol. The highest BCUT2D eigenvalue weighted by Gasteiger charge is 2.14. The molecule has 0 bridgehead atoms. The second-order valence-corrected chi connectivity index (χ2v) is 4.57. The molecule has 5 nitrogen and oxygen atoms in total. The number of urea groups is 1. The summed E-state index contributed by atoms with van der Waals surface area (Å²) in [6.07, 6.45) is 0.847. The zero-order valence-corrected chi connectivity index (χ0v) is 12.5. The number of aliphatic hydroxyl groups excluding tert-OH is 1. The van der Waals surface area contributed by atoms with E-state index in [-0.39, 0.29) is 12.6 Å². The molecule has 0 aromatic heterocycles. The molecule has 112 valence electrons. The molecular formula is C15H24N2O3. The van der Waals surface area contributed by atoms with Gasteiger partial charge in [-0.15, -0.1) is 0 Å². The van der Waals surface area contributed by atoms with Crippen LogP contribution in [0.1, 0.15) is 25.8 Å². The summed E-state index contributed by atoms with van der Waals surface area (Å²) in [6.45, 7) is 7.32. The first kappa shape index (κ1) is 16.3. The molecule has 0 atom stereocenters. The van der Waals surface area contributed by atoms with Gasteiger partial charge in [-0.1, -0.05) is 13.0 Å². The average Bonchev–Trinajstić information content (AvgIpc) is 2.42. The molecule has 2 amide bonds. The first-order valence-electron chi connectivity index (χ1n) is 7.02. The van der Waals surface area contributed by atoms with Crippen molar-refractivity contribution in [2.24, 2.45) is 0 Å². The summed E-state index contributed by atoms with van der Waals surface area (Å²) in [5.74, 6) is 0.668. The number of hydrogen-bond acceptors (Lipinski definition) is 3. The monoisotopic (exact) mass is 280 g/mol. The topological polar surface area (TPSA) is 61.8 Å². The lowest BCUT2D eigenvalue weighted by Crippen LogP contribution is -2.37. The molecule has 0 fully saturated rings. The average molecular weight is 280 g/mol. The van der Waals surface area contributed by atoms with E-state index >= 15 is 0 Å². The number of amides is 2. The summed E-state index contributed by atoms with van der Waals surface area (Å²) in [7, 11) is 0. The smallest absolute Gasteiger partial charge is 0.322 e. The van der Waals surface area contributed by atoms with Crippen LogP contribution in [-0.4, -0.2) is 42.3 Å². The van der Waals surface area contributed by atoms with E-state index in [9.17, 15) is 4.79 Å². The minimum absolute atomic E-state index is 0.0420. The molecule has 5 heteroatoms. The summed E-state index contributed by atoms with van der Waals surface area (Å²) < 4.78 is 5.54. The lowest BCUT2D eigenvalue weighted by atomic mass is 10.2. The van der Waals surface area contributed by atoms with Crippen LogP contribution in [0.4, 0.5) is 10.5 Å². The maximum absolute atomic E-state index is 12.2. The fourth-order valence-electron chi connectivity index (χ4n) is 1.91. The second kappa shape index (κ2) is 8.43. The molecule has 1 aromatic carbocycles. The molecule has 1 aromatic rings. The predicted molar refractivity (Wildman–Crippen MR) is 80.3 cm³/mol. The van der Waals surface area contributed by atoms with Crippen LogP contribution in [0.5, 0.6) is 5.75 Å². The number of hydrogen-bond donors (Lipinski definition) is 2. The number of benzene rings is 1. The van der Waals surface area contributed by atoms with E-state index in [0.717, 1.165) is 12.0 Å². The SMILES string of the molecule is CCCN(CCO)C(=O)Nc1ccc(C)cc1OCC. The van der Waals surface area contributed by atoms with Crippen LogP contribution in [0.15, 0.2) is 18.2 Å². The van der Waals surface area contributed by atoms with E-state index in [0.29, 0.717) is 31.1 Å². The Morgan fingerprint density at radius 3 is 2.70 bits per heavy atom. The van der Waals surface area contributed by atoms with E-state index in [4.69, 9.17) is 9.84 Å². The van der Waals surface area contributed by atoms with Crippen molar-refractivity contribution in [1.82, 2.24) is 4.90 Å². The van der Waals surface area contributed by atoms with Crippen molar-refractivity contribution in [1.29, 1.82) is 0 Å². The van der Waals surface area contributed by atoms with Gasteiger partial charge in [0.15, 0.2) is 0 Å². The molecule has 0 aliphatic carbocycles. The number of carbonyl (C=O) groups is 1. The number of aliphatic hydroxyl groups is 1. The van der Waals surface area contributed by atoms with Crippen molar-refractivity contribution in [3.05, 3.63) is 23.8 Å². The zero-order valence-electron chi connectivity index (χ0n) is 12.5. The lowest BCUT2D eigenvalue weighted by molar-refractivity contribution is 0.188. The maximum Gasteiger partial charge on any atom is 0.322 e. The van der Waals surface area contributed by atoms with Gasteiger partial charge in [-0.2, -0.15) is 0 Å². The van der Waals surface area contributed by atoms with E-state index in [1.165, 1.54) is 0 Å². The Kier molecular flexibility index (Phi) is 6.87. The Hall–Kier alpha value is -1.75. The van der Waals surface area contributed by atoms with E-state index < -0.39 is 0 Å². The Labute approximate surface area is 120 Å². The number of ether oxygens (including phenoxy) is 1. The Balaban J connectivity index is 2.82. The molecule has 0 heterocycles. The molecule has 1 rings (SSSR count). The van der Waals surface area contributed by atoms with Gasteiger partial charge in [0.1, 0.15) is 5.75 Å². The highest BCUT2D eigenvalue weighted by atomic mass is 16.5. The maximum atomic E-state index is 12.2. The van der Waals surface area contributed by atoms with Crippen LogP contribution in [0.25, 0.3) is 0 Å². The lowest BCUT2D eigenvalue weighted by Gasteiger charge is -2.22. The summed E-state index contributed by atoms with van der Waals surface area (Å²) in [5.41, 5.74) is 1.73. The first-order valence-corrected chi connectivity index (χ1v) is 7.02. The van der Waals surface area contributed by atoms with E-state index in [1.54, 1.807) is 4.90 Å². The number of carbonyl (C=O) groups excluding carboxylic acids is 1. The predicted octanol–water partition coefficient (Wildman–Crippen LogP) is 2.63. The normalized spacial score (nSPS) is 10.2. The Morgan fingerprint density at radius 1 is 1.35 bits per heavy atom. The first-order chi connectivity index (χ1) is 9.62. The van der Waals surface area contributed by atoms with Crippen LogP contribution in [0.2, 0.25) is 0 Å². The zero-order chi connectivity index (χ0) is 15.0. The van der Waals surface area contributed by atoms with Gasteiger partial charge in [-0.3, -0.25) is 0 Å². The highest BCUT2D eigenvalue weighted by molar-refractivity contribution is 5.91. The fourth-order valence-corrected chi connectivity index (χ4v) is 1.91. The van der Waals surface area contributed by atoms with Crippen molar-refractivity contribution in [2.75, 3.05) is 31.6 Å². The molecule has 0 spiro atoms. The van der Waals surface area contributed by atoms with Crippen molar-refractivity contribution in [3.8, 4) is 5.75 Å². The second-order valence-electron chi connectivity index (χ2n) is 4.57. The Bertz CT molecular complexity index is 429. The fraction of sp³-hybridized carbons (Fsp3) is 0.533. The Morgan fingerprint density at radius 2 is 2.10 bits per heavy atom. The molecule has 0 saturated carbocycles. The summed E-state index contributed by atoms with van der Waals surface area (Å²) in [6, 6.07) is 5.44. The summed E-state index contributed by atoms with van der Waals surface area (Å²) >= 11 is 0. The number of rotatable bonds is 7. The third-order valence-electron chi connectivity index (χ3n) is 2.83. The number of aryl methyl sites for hydroxylation is 1. The molecule has 0 aliphatic rings. The number of nitrogens with zero attached hydrogens (tertiary/aromatic N) is 1. The molecule has 20 heavy (non-hydrogen) atoms. The van der Waals surface area contributed by atoms with E-state index in [2.05, 4.69) is 5.32 Å². The highest BCUT2D eigenvalue weighted by Crippen LogP contribution is 2.26. The molecule has 0 unspecified atom stereocenters. The molecule has 0 aliphatic heterocycles. The van der Waals surface area contributed by atoms with Crippen molar-refractivity contribution < 1.29 is 14.6 Å². The van der Waals surface area contributed by atoms with Crippen LogP contribution < -0.4 is 10.1 Å². The van der Waals surface area contributed by atoms with Gasteiger partial charge in [0, 0.05) is 13.1 Å². The largest absolute Gasteiger partial charge is 0.492 e. The third-order valence-corrected chi connectivity index (χ3v) is 2.83. The van der Waals surface area contributed by atoms with Gasteiger partial charge in [0.05, 0.1) is 18.9 Å². The van der Waals surface area contributed by atoms with Gasteiger partial charge in [-0.25, -0.2) is 4.79 Å². The van der Waals surface area contributed by atoms with Gasteiger partial charge >= 0.3 is 6.03 Å². The minimum Gasteiger partial charge on any atom is -0.492 e. The standard InChI is InChI=1S/C15H24N2O3/c1-4-8-17(9-10-18)15(19)16-13-7-6-12(3)11-14(13)20-5-2/h6-7,11,18H,4-5,8-10H2,1-3H3,(H,16,19). The van der Waals surface area contributed by atoms with E-state index in [1.807, 2.05) is 39.0 Å². The van der Waals surface area contributed by atoms with Crippen molar-refractivity contribution in [2.45, 2.75) is 27.2 Å². The summed E-state index contributed by atoms with van der Waals surface area (Å²) in [4.78, 5) is 13.8. The van der Waals surface area contributed by atoms with Crippen LogP contribution >= 0.6 is 0 Å². The van der Waals surface area contributed by atoms with Gasteiger partial charge in [0.2, 0.25) is 0 Å². The van der Waals surface area contributed by atoms with Crippen molar-refractivity contribution in [3.63, 3.8) is 0 Å². The van der Waals surface area contributed by atoms with Crippen LogP contribution in [-0.2, 0) is 0 Å². The quantitative estimate of drug-likeness (QED) is 0.807. The molecule has 0 saturated heterocycles. The third kappa shape index (κ3) is 4.74. The van der Waals surface area contributed by atoms with Gasteiger partial charge in [0.25, 0.3) is 0 Å². The van der Waals surface area contributed by atoms with Crippen LogP contribution in [0.3, 0.4) is 0 Å². The van der Waals surface area contributed by atoms with Crippen molar-refractivity contribution >= 4 is 11.7 Å². The van der Waals surface area contributed by atoms with Crippen LogP contribution in [0, 0.1) is 6.92 Å². The number of nitrogens with one attached hydrogen (secondary N) is 1. The molecule has 0 radical (unpaired) electrons. The van der Waals surface area contributed by atoms with Gasteiger partial charge < -0.3 is 20.1 Å². The molecule has 2 N–H and O–H groups in total. The summed E-state index contributed by atoms with van der Waals surface area (Å²) in [5, 5.41) is 11.9.